The summed E-state index contributed by atoms with van der Waals surface area (Å²) in [7, 11) is 2.82. The summed E-state index contributed by atoms with van der Waals surface area (Å²) in [6, 6.07) is 8.78. The first kappa shape index (κ1) is 18.3. The number of carbonyl (C=O) groups excluding carboxylic acids is 1. The molecular formula is C20H13F2N5O2. The van der Waals surface area contributed by atoms with Crippen LogP contribution in [0.15, 0.2) is 42.7 Å². The lowest BCUT2D eigenvalue weighted by Crippen LogP contribution is -2.02. The van der Waals surface area contributed by atoms with E-state index in [9.17, 15) is 18.8 Å². The molecule has 0 aliphatic heterocycles. The number of aryl methyl sites for hydroxylation is 1. The third-order valence-electron chi connectivity index (χ3n) is 4.46. The van der Waals surface area contributed by atoms with E-state index in [4.69, 9.17) is 4.74 Å². The van der Waals surface area contributed by atoms with Crippen molar-refractivity contribution >= 4 is 11.6 Å². The Kier molecular flexibility index (Phi) is 4.31. The van der Waals surface area contributed by atoms with E-state index in [-0.39, 0.29) is 28.1 Å². The van der Waals surface area contributed by atoms with Crippen LogP contribution in [0.5, 0.6) is 0 Å². The number of esters is 1. The van der Waals surface area contributed by atoms with Gasteiger partial charge in [0.2, 0.25) is 5.95 Å². The second kappa shape index (κ2) is 6.83. The summed E-state index contributed by atoms with van der Waals surface area (Å²) in [4.78, 5) is 16.2. The Morgan fingerprint density at radius 1 is 1.17 bits per heavy atom. The molecule has 0 N–H and O–H groups in total. The van der Waals surface area contributed by atoms with Gasteiger partial charge in [-0.25, -0.2) is 14.2 Å². The van der Waals surface area contributed by atoms with Crippen LogP contribution in [0, 0.1) is 23.1 Å². The first-order valence-corrected chi connectivity index (χ1v) is 8.43. The molecule has 0 bridgehead atoms. The molecule has 0 fully saturated rings. The number of carbonyl (C=O) groups is 1. The highest BCUT2D eigenvalue weighted by Gasteiger charge is 2.22. The number of aromatic nitrogens is 4. The zero-order valence-electron chi connectivity index (χ0n) is 15.3. The second-order valence-corrected chi connectivity index (χ2v) is 6.25. The highest BCUT2D eigenvalue weighted by atomic mass is 19.1. The van der Waals surface area contributed by atoms with E-state index in [0.29, 0.717) is 11.2 Å². The van der Waals surface area contributed by atoms with Crippen LogP contribution >= 0.6 is 0 Å². The van der Waals surface area contributed by atoms with Crippen LogP contribution in [0.4, 0.5) is 8.78 Å². The molecule has 0 saturated carbocycles. The molecule has 0 radical (unpaired) electrons. The molecule has 3 heterocycles. The van der Waals surface area contributed by atoms with Crippen LogP contribution in [0.3, 0.4) is 0 Å². The molecule has 0 unspecified atom stereocenters. The van der Waals surface area contributed by atoms with Crippen molar-refractivity contribution in [2.75, 3.05) is 7.11 Å². The Morgan fingerprint density at radius 2 is 1.97 bits per heavy atom. The lowest BCUT2D eigenvalue weighted by atomic mass is 9.98. The fourth-order valence-corrected chi connectivity index (χ4v) is 3.17. The van der Waals surface area contributed by atoms with Crippen molar-refractivity contribution in [3.63, 3.8) is 0 Å². The molecule has 7 nitrogen and oxygen atoms in total. The molecule has 4 rings (SSSR count). The zero-order valence-corrected chi connectivity index (χ0v) is 15.3. The fraction of sp³-hybridized carbons (Fsp3) is 0.100. The molecule has 0 aliphatic rings. The number of rotatable bonds is 3. The smallest absolute Gasteiger partial charge is 0.338 e. The van der Waals surface area contributed by atoms with Gasteiger partial charge in [-0.15, -0.1) is 5.10 Å². The number of nitrogens with zero attached hydrogens (tertiary/aromatic N) is 5. The number of ether oxygens (including phenoxy) is 1. The van der Waals surface area contributed by atoms with E-state index in [1.54, 1.807) is 7.05 Å². The predicted octanol–water partition coefficient (Wildman–Crippen LogP) is 3.34. The number of methoxy groups -OCH3 is 1. The standard InChI is InChI=1S/C20H13F2N5O2/c1-26-10-15(19(22)25-26)13-4-3-12(21)8-14(13)18-16(9-23)27-6-5-11(20(28)29-2)7-17(27)24-18/h3-8,10H,1-2H3. The normalized spacial score (nSPS) is 10.9. The molecular weight excluding hydrogens is 380 g/mol. The summed E-state index contributed by atoms with van der Waals surface area (Å²) in [5.41, 5.74) is 1.54. The maximum Gasteiger partial charge on any atom is 0.338 e. The summed E-state index contributed by atoms with van der Waals surface area (Å²) in [5, 5.41) is 13.4. The van der Waals surface area contributed by atoms with E-state index in [1.807, 2.05) is 6.07 Å². The maximum absolute atomic E-state index is 14.3. The van der Waals surface area contributed by atoms with Gasteiger partial charge in [0.1, 0.15) is 23.2 Å². The van der Waals surface area contributed by atoms with Gasteiger partial charge in [-0.3, -0.25) is 9.08 Å². The topological polar surface area (TPSA) is 85.2 Å². The minimum absolute atomic E-state index is 0.118. The van der Waals surface area contributed by atoms with Crippen molar-refractivity contribution in [2.45, 2.75) is 0 Å². The summed E-state index contributed by atoms with van der Waals surface area (Å²) in [5.74, 6) is -1.85. The van der Waals surface area contributed by atoms with Crippen molar-refractivity contribution < 1.29 is 18.3 Å². The Labute approximate surface area is 163 Å². The Hall–Kier alpha value is -4.06. The van der Waals surface area contributed by atoms with Gasteiger partial charge in [0, 0.05) is 25.0 Å². The van der Waals surface area contributed by atoms with E-state index >= 15 is 0 Å². The number of pyridine rings is 1. The van der Waals surface area contributed by atoms with Crippen molar-refractivity contribution in [1.29, 1.82) is 5.26 Å². The van der Waals surface area contributed by atoms with E-state index in [1.165, 1.54) is 58.9 Å². The average molecular weight is 393 g/mol. The number of hydrogen-bond acceptors (Lipinski definition) is 5. The molecule has 1 aromatic carbocycles. The quantitative estimate of drug-likeness (QED) is 0.499. The number of fused-ring (bicyclic) bond motifs is 1. The summed E-state index contributed by atoms with van der Waals surface area (Å²) >= 11 is 0. The molecule has 144 valence electrons. The number of halogens is 2. The fourth-order valence-electron chi connectivity index (χ4n) is 3.17. The SMILES string of the molecule is COC(=O)c1ccn2c(C#N)c(-c3cc(F)ccc3-c3cn(C)nc3F)nc2c1. The van der Waals surface area contributed by atoms with Crippen molar-refractivity contribution in [3.05, 3.63) is 65.7 Å². The molecule has 0 amide bonds. The minimum Gasteiger partial charge on any atom is -0.465 e. The van der Waals surface area contributed by atoms with Crippen LogP contribution in [0.1, 0.15) is 16.1 Å². The second-order valence-electron chi connectivity index (χ2n) is 6.25. The molecule has 0 spiro atoms. The van der Waals surface area contributed by atoms with Gasteiger partial charge < -0.3 is 4.74 Å². The number of imidazole rings is 1. The molecule has 0 atom stereocenters. The van der Waals surface area contributed by atoms with Crippen molar-refractivity contribution in [2.24, 2.45) is 7.05 Å². The molecule has 3 aromatic heterocycles. The van der Waals surface area contributed by atoms with E-state index < -0.39 is 17.7 Å². The number of nitriles is 1. The predicted molar refractivity (Wildman–Crippen MR) is 98.8 cm³/mol. The monoisotopic (exact) mass is 393 g/mol. The van der Waals surface area contributed by atoms with Crippen LogP contribution in [-0.2, 0) is 11.8 Å². The zero-order chi connectivity index (χ0) is 20.7. The van der Waals surface area contributed by atoms with Crippen LogP contribution < -0.4 is 0 Å². The van der Waals surface area contributed by atoms with Gasteiger partial charge in [-0.05, 0) is 29.8 Å². The first-order valence-electron chi connectivity index (χ1n) is 8.43. The minimum atomic E-state index is -0.726. The van der Waals surface area contributed by atoms with Gasteiger partial charge in [-0.2, -0.15) is 9.65 Å². The van der Waals surface area contributed by atoms with Gasteiger partial charge in [0.05, 0.1) is 18.2 Å². The molecule has 0 aliphatic carbocycles. The van der Waals surface area contributed by atoms with Crippen LogP contribution in [0.2, 0.25) is 0 Å². The summed E-state index contributed by atoms with van der Waals surface area (Å²) in [6.45, 7) is 0. The summed E-state index contributed by atoms with van der Waals surface area (Å²) < 4.78 is 35.8. The highest BCUT2D eigenvalue weighted by molar-refractivity contribution is 5.91. The Bertz CT molecular complexity index is 1320. The van der Waals surface area contributed by atoms with Gasteiger partial charge >= 0.3 is 5.97 Å². The third-order valence-corrected chi connectivity index (χ3v) is 4.46. The molecule has 29 heavy (non-hydrogen) atoms. The lowest BCUT2D eigenvalue weighted by molar-refractivity contribution is 0.0600. The molecule has 9 heteroatoms. The van der Waals surface area contributed by atoms with E-state index in [2.05, 4.69) is 10.1 Å². The summed E-state index contributed by atoms with van der Waals surface area (Å²) in [6.07, 6.45) is 2.96. The van der Waals surface area contributed by atoms with Gasteiger partial charge in [0.15, 0.2) is 5.69 Å². The Morgan fingerprint density at radius 3 is 2.62 bits per heavy atom. The van der Waals surface area contributed by atoms with Crippen molar-refractivity contribution in [3.8, 4) is 28.5 Å². The van der Waals surface area contributed by atoms with Crippen molar-refractivity contribution in [1.82, 2.24) is 19.2 Å². The van der Waals surface area contributed by atoms with Gasteiger partial charge in [-0.1, -0.05) is 6.07 Å². The third kappa shape index (κ3) is 3.00. The highest BCUT2D eigenvalue weighted by Crippen LogP contribution is 2.35. The van der Waals surface area contributed by atoms with Crippen LogP contribution in [0.25, 0.3) is 28.0 Å². The Balaban J connectivity index is 2.00. The largest absolute Gasteiger partial charge is 0.465 e. The number of hydrogen-bond donors (Lipinski definition) is 0. The molecule has 0 saturated heterocycles. The molecule has 4 aromatic rings. The van der Waals surface area contributed by atoms with Crippen LogP contribution in [-0.4, -0.2) is 32.2 Å². The lowest BCUT2D eigenvalue weighted by Gasteiger charge is -2.07. The van der Waals surface area contributed by atoms with E-state index in [0.717, 1.165) is 0 Å². The maximum atomic E-state index is 14.3. The number of benzene rings is 1. The first-order chi connectivity index (χ1) is 13.9. The van der Waals surface area contributed by atoms with Gasteiger partial charge in [0.25, 0.3) is 0 Å². The average Bonchev–Trinajstić information content (AvgIpc) is 3.25.